The molecule has 0 aliphatic heterocycles. The SMILES string of the molecule is CC(Cc1ccc(F)cc1)Nc1ccc(N)cc1C(F)F. The van der Waals surface area contributed by atoms with Gasteiger partial charge in [0.25, 0.3) is 6.43 Å². The van der Waals surface area contributed by atoms with Gasteiger partial charge in [0.2, 0.25) is 0 Å². The summed E-state index contributed by atoms with van der Waals surface area (Å²) in [6.07, 6.45) is -1.98. The molecule has 2 nitrogen and oxygen atoms in total. The van der Waals surface area contributed by atoms with Gasteiger partial charge in [0.15, 0.2) is 0 Å². The van der Waals surface area contributed by atoms with Crippen LogP contribution in [0.2, 0.25) is 0 Å². The van der Waals surface area contributed by atoms with Crippen LogP contribution < -0.4 is 11.1 Å². The van der Waals surface area contributed by atoms with Gasteiger partial charge in [-0.05, 0) is 49.2 Å². The van der Waals surface area contributed by atoms with E-state index < -0.39 is 6.43 Å². The van der Waals surface area contributed by atoms with Crippen molar-refractivity contribution in [2.24, 2.45) is 0 Å². The standard InChI is InChI=1S/C16H17F3N2/c1-10(8-11-2-4-12(17)5-3-11)21-15-7-6-13(20)9-14(15)16(18)19/h2-7,9-10,16,21H,8,20H2,1H3. The second kappa shape index (κ2) is 6.52. The Kier molecular flexibility index (Phi) is 4.73. The quantitative estimate of drug-likeness (QED) is 0.803. The average molecular weight is 294 g/mol. The number of halogens is 3. The zero-order valence-electron chi connectivity index (χ0n) is 11.6. The maximum atomic E-state index is 13.0. The lowest BCUT2D eigenvalue weighted by Gasteiger charge is -2.18. The van der Waals surface area contributed by atoms with Crippen molar-refractivity contribution in [3.05, 3.63) is 59.4 Å². The summed E-state index contributed by atoms with van der Waals surface area (Å²) in [5.41, 5.74) is 7.04. The van der Waals surface area contributed by atoms with Crippen molar-refractivity contribution in [1.82, 2.24) is 0 Å². The molecule has 0 heterocycles. The summed E-state index contributed by atoms with van der Waals surface area (Å²) < 4.78 is 38.8. The normalized spacial score (nSPS) is 12.4. The molecular formula is C16H17F3N2. The smallest absolute Gasteiger partial charge is 0.265 e. The van der Waals surface area contributed by atoms with Crippen LogP contribution in [0.5, 0.6) is 0 Å². The molecule has 2 aromatic rings. The molecular weight excluding hydrogens is 277 g/mol. The molecule has 0 spiro atoms. The third kappa shape index (κ3) is 4.15. The van der Waals surface area contributed by atoms with E-state index >= 15 is 0 Å². The summed E-state index contributed by atoms with van der Waals surface area (Å²) in [4.78, 5) is 0. The molecule has 0 fully saturated rings. The molecule has 2 aromatic carbocycles. The first-order valence-corrected chi connectivity index (χ1v) is 6.64. The summed E-state index contributed by atoms with van der Waals surface area (Å²) >= 11 is 0. The van der Waals surface area contributed by atoms with Crippen molar-refractivity contribution in [2.75, 3.05) is 11.1 Å². The van der Waals surface area contributed by atoms with E-state index in [4.69, 9.17) is 5.73 Å². The van der Waals surface area contributed by atoms with Gasteiger partial charge in [0.1, 0.15) is 5.82 Å². The zero-order chi connectivity index (χ0) is 15.4. The Morgan fingerprint density at radius 1 is 1.10 bits per heavy atom. The molecule has 5 heteroatoms. The highest BCUT2D eigenvalue weighted by atomic mass is 19.3. The zero-order valence-corrected chi connectivity index (χ0v) is 11.6. The van der Waals surface area contributed by atoms with Crippen molar-refractivity contribution < 1.29 is 13.2 Å². The summed E-state index contributed by atoms with van der Waals surface area (Å²) in [6, 6.07) is 10.5. The van der Waals surface area contributed by atoms with Crippen LogP contribution in [0.15, 0.2) is 42.5 Å². The Hall–Kier alpha value is -2.17. The minimum absolute atomic E-state index is 0.0726. The fraction of sp³-hybridized carbons (Fsp3) is 0.250. The Labute approximate surface area is 121 Å². The van der Waals surface area contributed by atoms with Crippen LogP contribution in [0.25, 0.3) is 0 Å². The molecule has 0 saturated carbocycles. The third-order valence-corrected chi connectivity index (χ3v) is 3.17. The van der Waals surface area contributed by atoms with Gasteiger partial charge in [-0.25, -0.2) is 13.2 Å². The molecule has 21 heavy (non-hydrogen) atoms. The van der Waals surface area contributed by atoms with Crippen molar-refractivity contribution in [3.8, 4) is 0 Å². The maximum Gasteiger partial charge on any atom is 0.265 e. The molecule has 112 valence electrons. The van der Waals surface area contributed by atoms with Crippen molar-refractivity contribution >= 4 is 11.4 Å². The lowest BCUT2D eigenvalue weighted by Crippen LogP contribution is -2.19. The van der Waals surface area contributed by atoms with Gasteiger partial charge in [0.05, 0.1) is 0 Å². The molecule has 1 atom stereocenters. The Balaban J connectivity index is 2.09. The lowest BCUT2D eigenvalue weighted by atomic mass is 10.1. The van der Waals surface area contributed by atoms with Crippen LogP contribution >= 0.6 is 0 Å². The summed E-state index contributed by atoms with van der Waals surface area (Å²) in [6.45, 7) is 1.88. The highest BCUT2D eigenvalue weighted by Gasteiger charge is 2.15. The van der Waals surface area contributed by atoms with Gasteiger partial charge in [-0.15, -0.1) is 0 Å². The van der Waals surface area contributed by atoms with E-state index in [-0.39, 0.29) is 17.4 Å². The highest BCUT2D eigenvalue weighted by Crippen LogP contribution is 2.29. The van der Waals surface area contributed by atoms with E-state index in [0.29, 0.717) is 17.8 Å². The topological polar surface area (TPSA) is 38.0 Å². The number of hydrogen-bond donors (Lipinski definition) is 2. The monoisotopic (exact) mass is 294 g/mol. The van der Waals surface area contributed by atoms with E-state index in [0.717, 1.165) is 5.56 Å². The van der Waals surface area contributed by atoms with Gasteiger partial charge in [-0.3, -0.25) is 0 Å². The number of anilines is 2. The number of nitrogen functional groups attached to an aromatic ring is 1. The third-order valence-electron chi connectivity index (χ3n) is 3.17. The molecule has 1 unspecified atom stereocenters. The van der Waals surface area contributed by atoms with Crippen molar-refractivity contribution in [2.45, 2.75) is 25.8 Å². The van der Waals surface area contributed by atoms with Crippen LogP contribution in [0, 0.1) is 5.82 Å². The maximum absolute atomic E-state index is 13.0. The number of alkyl halides is 2. The van der Waals surface area contributed by atoms with Crippen LogP contribution in [0.4, 0.5) is 24.5 Å². The fourth-order valence-electron chi connectivity index (χ4n) is 2.18. The predicted octanol–water partition coefficient (Wildman–Crippen LogP) is 4.39. The number of nitrogens with two attached hydrogens (primary N) is 1. The number of rotatable bonds is 5. The Morgan fingerprint density at radius 3 is 2.38 bits per heavy atom. The van der Waals surface area contributed by atoms with Crippen LogP contribution in [-0.4, -0.2) is 6.04 Å². The highest BCUT2D eigenvalue weighted by molar-refractivity contribution is 5.59. The summed E-state index contributed by atoms with van der Waals surface area (Å²) in [7, 11) is 0. The second-order valence-corrected chi connectivity index (χ2v) is 5.02. The second-order valence-electron chi connectivity index (χ2n) is 5.02. The van der Waals surface area contributed by atoms with E-state index in [1.54, 1.807) is 24.3 Å². The molecule has 0 aromatic heterocycles. The predicted molar refractivity (Wildman–Crippen MR) is 79.0 cm³/mol. The molecule has 0 radical (unpaired) electrons. The first-order valence-electron chi connectivity index (χ1n) is 6.64. The van der Waals surface area contributed by atoms with Gasteiger partial charge in [0, 0.05) is 23.0 Å². The lowest BCUT2D eigenvalue weighted by molar-refractivity contribution is 0.152. The van der Waals surface area contributed by atoms with Crippen molar-refractivity contribution in [1.29, 1.82) is 0 Å². The summed E-state index contributed by atoms with van der Waals surface area (Å²) in [5, 5.41) is 3.05. The first-order chi connectivity index (χ1) is 9.95. The largest absolute Gasteiger partial charge is 0.399 e. The van der Waals surface area contributed by atoms with Gasteiger partial charge in [-0.1, -0.05) is 12.1 Å². The average Bonchev–Trinajstić information content (AvgIpc) is 2.43. The van der Waals surface area contributed by atoms with Crippen LogP contribution in [0.1, 0.15) is 24.5 Å². The molecule has 0 amide bonds. The number of benzene rings is 2. The van der Waals surface area contributed by atoms with E-state index in [1.807, 2.05) is 6.92 Å². The van der Waals surface area contributed by atoms with Crippen molar-refractivity contribution in [3.63, 3.8) is 0 Å². The van der Waals surface area contributed by atoms with E-state index in [2.05, 4.69) is 5.32 Å². The fourth-order valence-corrected chi connectivity index (χ4v) is 2.18. The minimum atomic E-state index is -2.59. The van der Waals surface area contributed by atoms with Crippen LogP contribution in [0.3, 0.4) is 0 Å². The number of nitrogens with one attached hydrogen (secondary N) is 1. The van der Waals surface area contributed by atoms with Gasteiger partial charge >= 0.3 is 0 Å². The molecule has 0 aliphatic rings. The molecule has 2 rings (SSSR count). The molecule has 3 N–H and O–H groups in total. The van der Waals surface area contributed by atoms with Gasteiger partial charge in [-0.2, -0.15) is 0 Å². The van der Waals surface area contributed by atoms with Crippen LogP contribution in [-0.2, 0) is 6.42 Å². The number of hydrogen-bond acceptors (Lipinski definition) is 2. The van der Waals surface area contributed by atoms with E-state index in [9.17, 15) is 13.2 Å². The summed E-state index contributed by atoms with van der Waals surface area (Å²) in [5.74, 6) is -0.294. The first kappa shape index (κ1) is 15.2. The van der Waals surface area contributed by atoms with Gasteiger partial charge < -0.3 is 11.1 Å². The molecule has 0 bridgehead atoms. The Morgan fingerprint density at radius 2 is 1.76 bits per heavy atom. The molecule has 0 aliphatic carbocycles. The van der Waals surface area contributed by atoms with E-state index in [1.165, 1.54) is 18.2 Å². The molecule has 0 saturated heterocycles. The Bertz CT molecular complexity index is 597. The minimum Gasteiger partial charge on any atom is -0.399 e.